The fourth-order valence-electron chi connectivity index (χ4n) is 1.06. The molecule has 0 spiro atoms. The molecule has 1 heterocycles. The molecule has 0 unspecified atom stereocenters. The molecule has 1 aromatic rings. The second-order valence-electron chi connectivity index (χ2n) is 4.27. The zero-order chi connectivity index (χ0) is 13.3. The van der Waals surface area contributed by atoms with E-state index in [4.69, 9.17) is 11.6 Å². The van der Waals surface area contributed by atoms with Crippen LogP contribution in [0.15, 0.2) is 6.07 Å². The zero-order valence-electron chi connectivity index (χ0n) is 9.69. The monoisotopic (exact) mass is 267 g/mol. The molecule has 0 fully saturated rings. The van der Waals surface area contributed by atoms with E-state index < -0.39 is 17.2 Å². The first-order valence-corrected chi connectivity index (χ1v) is 5.42. The number of anilines is 1. The maximum Gasteiger partial charge on any atom is 0.433 e. The van der Waals surface area contributed by atoms with Gasteiger partial charge >= 0.3 is 6.18 Å². The van der Waals surface area contributed by atoms with Crippen molar-refractivity contribution >= 4 is 17.4 Å². The summed E-state index contributed by atoms with van der Waals surface area (Å²) in [4.78, 5) is 6.87. The van der Waals surface area contributed by atoms with Gasteiger partial charge in [-0.2, -0.15) is 13.2 Å². The van der Waals surface area contributed by atoms with Gasteiger partial charge in [0.2, 0.25) is 5.28 Å². The molecule has 1 N–H and O–H groups in total. The van der Waals surface area contributed by atoms with Crippen LogP contribution in [0, 0.1) is 0 Å². The summed E-state index contributed by atoms with van der Waals surface area (Å²) in [6.45, 7) is 5.63. The third kappa shape index (κ3) is 4.03. The Hall–Kier alpha value is -1.04. The lowest BCUT2D eigenvalue weighted by Gasteiger charge is -2.25. The van der Waals surface area contributed by atoms with Gasteiger partial charge in [0.05, 0.1) is 0 Å². The first-order valence-electron chi connectivity index (χ1n) is 5.04. The van der Waals surface area contributed by atoms with E-state index in [9.17, 15) is 13.2 Å². The minimum Gasteiger partial charge on any atom is -0.365 e. The van der Waals surface area contributed by atoms with E-state index in [1.165, 1.54) is 0 Å². The lowest BCUT2D eigenvalue weighted by atomic mass is 10.0. The molecule has 0 atom stereocenters. The van der Waals surface area contributed by atoms with Crippen LogP contribution in [0.4, 0.5) is 19.0 Å². The summed E-state index contributed by atoms with van der Waals surface area (Å²) in [5, 5.41) is 2.46. The Morgan fingerprint density at radius 2 is 1.88 bits per heavy atom. The molecule has 0 aromatic carbocycles. The standard InChI is InChI=1S/C10H13ClF3N3/c1-4-9(2,3)17-7-5-6(10(12,13)14)15-8(11)16-7/h5H,4H2,1-3H3,(H,15,16,17). The number of aromatic nitrogens is 2. The van der Waals surface area contributed by atoms with Crippen LogP contribution in [-0.2, 0) is 6.18 Å². The van der Waals surface area contributed by atoms with E-state index in [2.05, 4.69) is 15.3 Å². The van der Waals surface area contributed by atoms with E-state index in [1.807, 2.05) is 20.8 Å². The molecule has 0 saturated heterocycles. The van der Waals surface area contributed by atoms with E-state index in [0.29, 0.717) is 0 Å². The average molecular weight is 268 g/mol. The van der Waals surface area contributed by atoms with Crippen LogP contribution in [0.5, 0.6) is 0 Å². The summed E-state index contributed by atoms with van der Waals surface area (Å²) in [5.74, 6) is 0.0733. The van der Waals surface area contributed by atoms with Crippen molar-refractivity contribution in [3.8, 4) is 0 Å². The predicted molar refractivity (Wildman–Crippen MR) is 60.0 cm³/mol. The fourth-order valence-corrected chi connectivity index (χ4v) is 1.24. The van der Waals surface area contributed by atoms with Crippen molar-refractivity contribution in [2.24, 2.45) is 0 Å². The molecule has 0 radical (unpaired) electrons. The predicted octanol–water partition coefficient (Wildman–Crippen LogP) is 3.75. The van der Waals surface area contributed by atoms with Crippen molar-refractivity contribution in [2.75, 3.05) is 5.32 Å². The minimum absolute atomic E-state index is 0.0733. The topological polar surface area (TPSA) is 37.8 Å². The third-order valence-electron chi connectivity index (χ3n) is 2.34. The number of rotatable bonds is 3. The highest BCUT2D eigenvalue weighted by Gasteiger charge is 2.34. The van der Waals surface area contributed by atoms with Gasteiger partial charge in [0.1, 0.15) is 5.82 Å². The van der Waals surface area contributed by atoms with E-state index in [1.54, 1.807) is 0 Å². The van der Waals surface area contributed by atoms with Gasteiger partial charge in [-0.3, -0.25) is 0 Å². The Kier molecular flexibility index (Phi) is 3.86. The van der Waals surface area contributed by atoms with Gasteiger partial charge in [-0.15, -0.1) is 0 Å². The number of hydrogen-bond acceptors (Lipinski definition) is 3. The Morgan fingerprint density at radius 3 is 2.35 bits per heavy atom. The van der Waals surface area contributed by atoms with Gasteiger partial charge < -0.3 is 5.32 Å². The number of halogens is 4. The molecule has 96 valence electrons. The Morgan fingerprint density at radius 1 is 1.29 bits per heavy atom. The number of nitrogens with zero attached hydrogens (tertiary/aromatic N) is 2. The number of nitrogens with one attached hydrogen (secondary N) is 1. The van der Waals surface area contributed by atoms with Gasteiger partial charge in [0.25, 0.3) is 0 Å². The highest BCUT2D eigenvalue weighted by atomic mass is 35.5. The zero-order valence-corrected chi connectivity index (χ0v) is 10.4. The second-order valence-corrected chi connectivity index (χ2v) is 4.61. The molecular formula is C10H13ClF3N3. The Balaban J connectivity index is 3.06. The molecule has 0 aliphatic rings. The van der Waals surface area contributed by atoms with Crippen LogP contribution >= 0.6 is 11.6 Å². The summed E-state index contributed by atoms with van der Waals surface area (Å²) < 4.78 is 37.5. The summed E-state index contributed by atoms with van der Waals surface area (Å²) >= 11 is 5.47. The molecule has 1 aromatic heterocycles. The van der Waals surface area contributed by atoms with Crippen molar-refractivity contribution < 1.29 is 13.2 Å². The lowest BCUT2D eigenvalue weighted by Crippen LogP contribution is -2.30. The molecule has 1 rings (SSSR count). The van der Waals surface area contributed by atoms with Crippen molar-refractivity contribution in [1.82, 2.24) is 9.97 Å². The summed E-state index contributed by atoms with van der Waals surface area (Å²) in [7, 11) is 0. The highest BCUT2D eigenvalue weighted by Crippen LogP contribution is 2.30. The van der Waals surface area contributed by atoms with Crippen molar-refractivity contribution in [3.05, 3.63) is 17.0 Å². The van der Waals surface area contributed by atoms with Gasteiger partial charge in [-0.25, -0.2) is 9.97 Å². The molecule has 0 saturated carbocycles. The molecular weight excluding hydrogens is 255 g/mol. The Labute approximate surface area is 102 Å². The second kappa shape index (κ2) is 4.68. The smallest absolute Gasteiger partial charge is 0.365 e. The van der Waals surface area contributed by atoms with Crippen LogP contribution in [0.25, 0.3) is 0 Å². The lowest BCUT2D eigenvalue weighted by molar-refractivity contribution is -0.141. The average Bonchev–Trinajstić information content (AvgIpc) is 2.14. The van der Waals surface area contributed by atoms with Crippen LogP contribution < -0.4 is 5.32 Å². The first kappa shape index (κ1) is 14.0. The number of hydrogen-bond donors (Lipinski definition) is 1. The molecule has 0 aliphatic carbocycles. The van der Waals surface area contributed by atoms with Crippen LogP contribution in [0.1, 0.15) is 32.9 Å². The van der Waals surface area contributed by atoms with Gasteiger partial charge in [-0.05, 0) is 31.9 Å². The molecule has 0 amide bonds. The quantitative estimate of drug-likeness (QED) is 0.848. The molecule has 3 nitrogen and oxygen atoms in total. The van der Waals surface area contributed by atoms with Crippen LogP contribution in [0.3, 0.4) is 0 Å². The summed E-state index contributed by atoms with van der Waals surface area (Å²) in [6, 6.07) is 0.850. The largest absolute Gasteiger partial charge is 0.433 e. The highest BCUT2D eigenvalue weighted by molar-refractivity contribution is 6.28. The van der Waals surface area contributed by atoms with Gasteiger partial charge in [0.15, 0.2) is 5.69 Å². The normalized spacial score (nSPS) is 12.6. The molecule has 7 heteroatoms. The van der Waals surface area contributed by atoms with Crippen molar-refractivity contribution in [3.63, 3.8) is 0 Å². The number of alkyl halides is 3. The minimum atomic E-state index is -4.53. The van der Waals surface area contributed by atoms with Crippen molar-refractivity contribution in [2.45, 2.75) is 38.9 Å². The maximum absolute atomic E-state index is 12.5. The molecule has 0 aliphatic heterocycles. The Bertz CT molecular complexity index is 404. The molecule has 17 heavy (non-hydrogen) atoms. The maximum atomic E-state index is 12.5. The van der Waals surface area contributed by atoms with Gasteiger partial charge in [-0.1, -0.05) is 6.92 Å². The van der Waals surface area contributed by atoms with Crippen LogP contribution in [-0.4, -0.2) is 15.5 Å². The summed E-state index contributed by atoms with van der Waals surface area (Å²) in [5.41, 5.74) is -1.41. The first-order chi connectivity index (χ1) is 7.64. The van der Waals surface area contributed by atoms with Gasteiger partial charge in [0, 0.05) is 11.6 Å². The fraction of sp³-hybridized carbons (Fsp3) is 0.600. The molecule has 0 bridgehead atoms. The summed E-state index contributed by atoms with van der Waals surface area (Å²) in [6.07, 6.45) is -3.80. The van der Waals surface area contributed by atoms with Crippen molar-refractivity contribution in [1.29, 1.82) is 0 Å². The van der Waals surface area contributed by atoms with E-state index >= 15 is 0 Å². The van der Waals surface area contributed by atoms with Crippen LogP contribution in [0.2, 0.25) is 5.28 Å². The van der Waals surface area contributed by atoms with E-state index in [0.717, 1.165) is 12.5 Å². The third-order valence-corrected chi connectivity index (χ3v) is 2.51. The van der Waals surface area contributed by atoms with E-state index in [-0.39, 0.29) is 11.4 Å². The SMILES string of the molecule is CCC(C)(C)Nc1cc(C(F)(F)F)nc(Cl)n1.